The predicted octanol–water partition coefficient (Wildman–Crippen LogP) is 3.40. The van der Waals surface area contributed by atoms with Crippen molar-refractivity contribution in [2.75, 3.05) is 15.8 Å². The minimum Gasteiger partial charge on any atom is -0.322 e. The smallest absolute Gasteiger partial charge is 0.255 e. The molecule has 0 radical (unpaired) electrons. The van der Waals surface area contributed by atoms with Crippen LogP contribution in [0.15, 0.2) is 48.5 Å². The highest BCUT2D eigenvalue weighted by molar-refractivity contribution is 7.92. The molecule has 0 saturated carbocycles. The molecule has 2 N–H and O–H groups in total. The molecule has 6 heteroatoms. The Morgan fingerprint density at radius 2 is 1.74 bits per heavy atom. The summed E-state index contributed by atoms with van der Waals surface area (Å²) in [6.45, 7) is 3.74. The molecule has 2 rings (SSSR count). The molecule has 0 spiro atoms. The van der Waals surface area contributed by atoms with Gasteiger partial charge in [-0.3, -0.25) is 9.52 Å². The molecule has 5 nitrogen and oxygen atoms in total. The van der Waals surface area contributed by atoms with Crippen LogP contribution in [0.5, 0.6) is 0 Å². The van der Waals surface area contributed by atoms with Crippen LogP contribution in [0.1, 0.15) is 29.3 Å². The van der Waals surface area contributed by atoms with Gasteiger partial charge in [-0.25, -0.2) is 8.42 Å². The van der Waals surface area contributed by atoms with E-state index in [1.807, 2.05) is 25.1 Å². The molecule has 0 aliphatic heterocycles. The molecule has 2 aromatic rings. The number of hydrogen-bond donors (Lipinski definition) is 2. The molecule has 0 aromatic heterocycles. The highest BCUT2D eigenvalue weighted by Gasteiger charge is 2.11. The van der Waals surface area contributed by atoms with Gasteiger partial charge in [-0.1, -0.05) is 25.1 Å². The number of rotatable bonds is 6. The molecule has 122 valence electrons. The fourth-order valence-corrected chi connectivity index (χ4v) is 3.27. The molecule has 0 aliphatic carbocycles. The monoisotopic (exact) mass is 332 g/mol. The van der Waals surface area contributed by atoms with E-state index in [0.29, 0.717) is 23.4 Å². The Labute approximate surface area is 136 Å². The van der Waals surface area contributed by atoms with Gasteiger partial charge >= 0.3 is 0 Å². The van der Waals surface area contributed by atoms with Crippen molar-refractivity contribution >= 4 is 27.3 Å². The first-order chi connectivity index (χ1) is 10.9. The van der Waals surface area contributed by atoms with Gasteiger partial charge in [0.2, 0.25) is 10.0 Å². The van der Waals surface area contributed by atoms with Crippen LogP contribution in [-0.4, -0.2) is 20.1 Å². The van der Waals surface area contributed by atoms with Gasteiger partial charge in [-0.05, 0) is 49.2 Å². The van der Waals surface area contributed by atoms with Crippen molar-refractivity contribution in [2.24, 2.45) is 0 Å². The molecule has 0 heterocycles. The minimum atomic E-state index is -3.37. The van der Waals surface area contributed by atoms with E-state index < -0.39 is 10.0 Å². The number of benzene rings is 2. The van der Waals surface area contributed by atoms with Gasteiger partial charge in [0.05, 0.1) is 5.75 Å². The molecular weight excluding hydrogens is 312 g/mol. The molecule has 0 aliphatic rings. The Bertz CT molecular complexity index is 801. The summed E-state index contributed by atoms with van der Waals surface area (Å²) in [5, 5.41) is 2.80. The lowest BCUT2D eigenvalue weighted by Crippen LogP contribution is -2.17. The van der Waals surface area contributed by atoms with E-state index in [0.717, 1.165) is 5.56 Å². The van der Waals surface area contributed by atoms with Gasteiger partial charge in [-0.2, -0.15) is 0 Å². The Balaban J connectivity index is 2.14. The predicted molar refractivity (Wildman–Crippen MR) is 93.3 cm³/mol. The lowest BCUT2D eigenvalue weighted by molar-refractivity contribution is 0.102. The normalized spacial score (nSPS) is 11.0. The number of carbonyl (C=O) groups excluding carboxylic acids is 1. The second-order valence-electron chi connectivity index (χ2n) is 5.33. The highest BCUT2D eigenvalue weighted by atomic mass is 32.2. The lowest BCUT2D eigenvalue weighted by atomic mass is 10.1. The van der Waals surface area contributed by atoms with Crippen LogP contribution in [0.25, 0.3) is 0 Å². The Hall–Kier alpha value is -2.34. The number of sulfonamides is 1. The standard InChI is InChI=1S/C17H20N2O3S/c1-3-10-23(21,22)19-16-9-5-7-14(12-16)17(20)18-15-8-4-6-13(2)11-15/h4-9,11-12,19H,3,10H2,1-2H3,(H,18,20). The van der Waals surface area contributed by atoms with E-state index in [1.54, 1.807) is 31.2 Å². The zero-order valence-corrected chi connectivity index (χ0v) is 14.0. The van der Waals surface area contributed by atoms with Gasteiger partial charge in [0.25, 0.3) is 5.91 Å². The number of carbonyl (C=O) groups is 1. The summed E-state index contributed by atoms with van der Waals surface area (Å²) >= 11 is 0. The summed E-state index contributed by atoms with van der Waals surface area (Å²) in [4.78, 5) is 12.3. The van der Waals surface area contributed by atoms with Gasteiger partial charge in [0.1, 0.15) is 0 Å². The average molecular weight is 332 g/mol. The second kappa shape index (κ2) is 7.28. The van der Waals surface area contributed by atoms with Crippen molar-refractivity contribution < 1.29 is 13.2 Å². The Morgan fingerprint density at radius 1 is 1.04 bits per heavy atom. The van der Waals surface area contributed by atoms with Crippen molar-refractivity contribution in [3.05, 3.63) is 59.7 Å². The van der Waals surface area contributed by atoms with Crippen molar-refractivity contribution in [3.63, 3.8) is 0 Å². The molecule has 0 fully saturated rings. The summed E-state index contributed by atoms with van der Waals surface area (Å²) in [5.41, 5.74) is 2.52. The summed E-state index contributed by atoms with van der Waals surface area (Å²) in [7, 11) is -3.37. The first kappa shape index (κ1) is 17.0. The maximum Gasteiger partial charge on any atom is 0.255 e. The quantitative estimate of drug-likeness (QED) is 0.851. The van der Waals surface area contributed by atoms with E-state index in [4.69, 9.17) is 0 Å². The van der Waals surface area contributed by atoms with Crippen LogP contribution in [0.4, 0.5) is 11.4 Å². The SMILES string of the molecule is CCCS(=O)(=O)Nc1cccc(C(=O)Nc2cccc(C)c2)c1. The number of hydrogen-bond acceptors (Lipinski definition) is 3. The number of nitrogens with one attached hydrogen (secondary N) is 2. The maximum absolute atomic E-state index is 12.3. The van der Waals surface area contributed by atoms with Gasteiger partial charge < -0.3 is 5.32 Å². The molecule has 0 unspecified atom stereocenters. The molecule has 23 heavy (non-hydrogen) atoms. The molecule has 2 aromatic carbocycles. The average Bonchev–Trinajstić information content (AvgIpc) is 2.47. The van der Waals surface area contributed by atoms with Gasteiger partial charge in [0.15, 0.2) is 0 Å². The second-order valence-corrected chi connectivity index (χ2v) is 7.17. The topological polar surface area (TPSA) is 75.3 Å². The van der Waals surface area contributed by atoms with Crippen molar-refractivity contribution in [1.29, 1.82) is 0 Å². The molecule has 0 atom stereocenters. The van der Waals surface area contributed by atoms with Crippen LogP contribution >= 0.6 is 0 Å². The van der Waals surface area contributed by atoms with Crippen LogP contribution in [0.2, 0.25) is 0 Å². The van der Waals surface area contributed by atoms with E-state index in [9.17, 15) is 13.2 Å². The molecule has 0 bridgehead atoms. The summed E-state index contributed by atoms with van der Waals surface area (Å²) in [5.74, 6) is -0.237. The van der Waals surface area contributed by atoms with Gasteiger partial charge in [-0.15, -0.1) is 0 Å². The minimum absolute atomic E-state index is 0.0483. The third-order valence-electron chi connectivity index (χ3n) is 3.15. The fourth-order valence-electron chi connectivity index (χ4n) is 2.15. The first-order valence-electron chi connectivity index (χ1n) is 7.38. The Kier molecular flexibility index (Phi) is 5.39. The number of amides is 1. The summed E-state index contributed by atoms with van der Waals surface area (Å²) in [6.07, 6.45) is 0.531. The number of aryl methyl sites for hydroxylation is 1. The zero-order valence-electron chi connectivity index (χ0n) is 13.2. The van der Waals surface area contributed by atoms with Crippen LogP contribution in [0, 0.1) is 6.92 Å². The zero-order chi connectivity index (χ0) is 16.9. The lowest BCUT2D eigenvalue weighted by Gasteiger charge is -2.09. The van der Waals surface area contributed by atoms with Crippen LogP contribution < -0.4 is 10.0 Å². The van der Waals surface area contributed by atoms with E-state index in [-0.39, 0.29) is 11.7 Å². The third kappa shape index (κ3) is 5.10. The van der Waals surface area contributed by atoms with Crippen molar-refractivity contribution in [1.82, 2.24) is 0 Å². The van der Waals surface area contributed by atoms with Crippen molar-refractivity contribution in [2.45, 2.75) is 20.3 Å². The third-order valence-corrected chi connectivity index (χ3v) is 4.64. The molecule has 0 saturated heterocycles. The molecular formula is C17H20N2O3S. The van der Waals surface area contributed by atoms with E-state index in [2.05, 4.69) is 10.0 Å². The number of anilines is 2. The van der Waals surface area contributed by atoms with E-state index >= 15 is 0 Å². The highest BCUT2D eigenvalue weighted by Crippen LogP contribution is 2.16. The first-order valence-corrected chi connectivity index (χ1v) is 9.03. The summed E-state index contributed by atoms with van der Waals surface area (Å²) < 4.78 is 26.1. The molecule has 1 amide bonds. The largest absolute Gasteiger partial charge is 0.322 e. The van der Waals surface area contributed by atoms with Crippen LogP contribution in [-0.2, 0) is 10.0 Å². The summed E-state index contributed by atoms with van der Waals surface area (Å²) in [6, 6.07) is 13.9. The van der Waals surface area contributed by atoms with E-state index in [1.165, 1.54) is 6.07 Å². The maximum atomic E-state index is 12.3. The van der Waals surface area contributed by atoms with Gasteiger partial charge in [0, 0.05) is 16.9 Å². The fraction of sp³-hybridized carbons (Fsp3) is 0.235. The Morgan fingerprint density at radius 3 is 2.43 bits per heavy atom. The van der Waals surface area contributed by atoms with Crippen molar-refractivity contribution in [3.8, 4) is 0 Å². The van der Waals surface area contributed by atoms with Crippen LogP contribution in [0.3, 0.4) is 0 Å².